The Morgan fingerprint density at radius 2 is 1.97 bits per heavy atom. The molecule has 3 aliphatic rings. The molecule has 0 spiro atoms. The number of ether oxygens (including phenoxy) is 1. The molecular formula is C29H39FN8O. The summed E-state index contributed by atoms with van der Waals surface area (Å²) in [7, 11) is 0. The molecule has 208 valence electrons. The van der Waals surface area contributed by atoms with Crippen molar-refractivity contribution < 1.29 is 9.13 Å². The second kappa shape index (κ2) is 13.1. The molecule has 39 heavy (non-hydrogen) atoms. The molecule has 0 radical (unpaired) electrons. The molecule has 2 saturated heterocycles. The van der Waals surface area contributed by atoms with Crippen molar-refractivity contribution >= 4 is 17.5 Å². The lowest BCUT2D eigenvalue weighted by Gasteiger charge is -2.35. The van der Waals surface area contributed by atoms with Crippen LogP contribution in [0.1, 0.15) is 36.2 Å². The van der Waals surface area contributed by atoms with Crippen molar-refractivity contribution in [2.24, 2.45) is 10.7 Å². The Balaban J connectivity index is 1.12. The summed E-state index contributed by atoms with van der Waals surface area (Å²) < 4.78 is 19.3. The summed E-state index contributed by atoms with van der Waals surface area (Å²) in [6.45, 7) is 8.08. The van der Waals surface area contributed by atoms with Gasteiger partial charge in [-0.15, -0.1) is 0 Å². The van der Waals surface area contributed by atoms with Gasteiger partial charge in [0, 0.05) is 45.8 Å². The fraction of sp³-hybridized carbons (Fsp3) is 0.483. The highest BCUT2D eigenvalue weighted by atomic mass is 19.1. The summed E-state index contributed by atoms with van der Waals surface area (Å²) in [6.07, 6.45) is 5.56. The number of halogens is 1. The number of pyridine rings is 1. The third kappa shape index (κ3) is 7.00. The standard InChI is InChI=1S/C29H39FN8O/c30-23-5-1-4-22(20-23)26-7-3-12-38(26)27(32)9-10-28-33-21-25(34-28)24-6-2-8-29(35-24)37-15-13-36(14-16-37)17-19-39-18-11-31/h1-2,4-6,8-10,20,25-26,32H,3,7,11-19,21,31H2,(H,33,34)/b10-9-,32-27?/t25?,26-/m1/s1. The van der Waals surface area contributed by atoms with Gasteiger partial charge in [-0.25, -0.2) is 9.37 Å². The van der Waals surface area contributed by atoms with E-state index in [1.165, 1.54) is 6.07 Å². The molecule has 0 bridgehead atoms. The number of nitrogens with one attached hydrogen (secondary N) is 2. The van der Waals surface area contributed by atoms with Crippen molar-refractivity contribution in [3.63, 3.8) is 0 Å². The molecule has 10 heteroatoms. The minimum atomic E-state index is -0.235. The highest BCUT2D eigenvalue weighted by molar-refractivity contribution is 6.01. The number of nitrogens with two attached hydrogens (primary N) is 1. The minimum Gasteiger partial charge on any atom is -0.379 e. The summed E-state index contributed by atoms with van der Waals surface area (Å²) in [5.41, 5.74) is 7.38. The van der Waals surface area contributed by atoms with E-state index in [4.69, 9.17) is 20.9 Å². The monoisotopic (exact) mass is 534 g/mol. The van der Waals surface area contributed by atoms with E-state index in [0.717, 1.165) is 81.6 Å². The van der Waals surface area contributed by atoms with Crippen LogP contribution in [-0.4, -0.2) is 92.0 Å². The maximum Gasteiger partial charge on any atom is 0.128 e. The Hall–Kier alpha value is -3.34. The van der Waals surface area contributed by atoms with Crippen LogP contribution in [-0.2, 0) is 4.74 Å². The zero-order valence-electron chi connectivity index (χ0n) is 22.4. The number of hydrogen-bond donors (Lipinski definition) is 3. The number of anilines is 1. The van der Waals surface area contributed by atoms with Crippen LogP contribution in [0.5, 0.6) is 0 Å². The van der Waals surface area contributed by atoms with E-state index in [1.807, 2.05) is 23.1 Å². The van der Waals surface area contributed by atoms with Crippen LogP contribution in [0.3, 0.4) is 0 Å². The molecule has 5 rings (SSSR count). The van der Waals surface area contributed by atoms with Gasteiger partial charge in [-0.1, -0.05) is 18.2 Å². The van der Waals surface area contributed by atoms with Crippen LogP contribution in [0.4, 0.5) is 10.2 Å². The first-order chi connectivity index (χ1) is 19.1. The summed E-state index contributed by atoms with van der Waals surface area (Å²) >= 11 is 0. The van der Waals surface area contributed by atoms with Crippen LogP contribution in [0.15, 0.2) is 59.6 Å². The SMILES string of the molecule is N=C(/C=C\C1=NCC(c2cccc(N3CCN(CCOCCN)CC3)n2)N1)N1CCC[C@@H]1c1cccc(F)c1. The number of hydrogen-bond acceptors (Lipinski definition) is 8. The quantitative estimate of drug-likeness (QED) is 0.245. The van der Waals surface area contributed by atoms with Crippen LogP contribution < -0.4 is 16.0 Å². The van der Waals surface area contributed by atoms with Crippen LogP contribution in [0, 0.1) is 11.2 Å². The molecular weight excluding hydrogens is 495 g/mol. The lowest BCUT2D eigenvalue weighted by atomic mass is 10.0. The summed E-state index contributed by atoms with van der Waals surface area (Å²) in [5.74, 6) is 1.93. The number of nitrogens with zero attached hydrogens (tertiary/aromatic N) is 5. The molecule has 3 aliphatic heterocycles. The Labute approximate surface area is 230 Å². The first kappa shape index (κ1) is 27.2. The number of amidine groups is 2. The van der Waals surface area contributed by atoms with Gasteiger partial charge in [0.05, 0.1) is 37.5 Å². The van der Waals surface area contributed by atoms with E-state index in [-0.39, 0.29) is 17.9 Å². The maximum absolute atomic E-state index is 13.8. The second-order valence-electron chi connectivity index (χ2n) is 10.2. The number of aliphatic imine (C=N–C) groups is 1. The lowest BCUT2D eigenvalue weighted by molar-refractivity contribution is 0.107. The smallest absolute Gasteiger partial charge is 0.128 e. The molecule has 4 heterocycles. The van der Waals surface area contributed by atoms with Crippen LogP contribution >= 0.6 is 0 Å². The molecule has 9 nitrogen and oxygen atoms in total. The van der Waals surface area contributed by atoms with E-state index in [0.29, 0.717) is 25.5 Å². The Kier molecular flexibility index (Phi) is 9.18. The third-order valence-corrected chi connectivity index (χ3v) is 7.58. The fourth-order valence-corrected chi connectivity index (χ4v) is 5.49. The zero-order valence-corrected chi connectivity index (χ0v) is 22.4. The zero-order chi connectivity index (χ0) is 27.0. The molecule has 0 amide bonds. The fourth-order valence-electron chi connectivity index (χ4n) is 5.49. The number of rotatable bonds is 10. The van der Waals surface area contributed by atoms with E-state index in [2.05, 4.69) is 32.2 Å². The van der Waals surface area contributed by atoms with Crippen molar-refractivity contribution in [2.45, 2.75) is 24.9 Å². The lowest BCUT2D eigenvalue weighted by Crippen LogP contribution is -2.47. The predicted octanol–water partition coefficient (Wildman–Crippen LogP) is 2.73. The first-order valence-corrected chi connectivity index (χ1v) is 13.9. The highest BCUT2D eigenvalue weighted by Crippen LogP contribution is 2.32. The minimum absolute atomic E-state index is 0.00611. The Bertz CT molecular complexity index is 1180. The third-order valence-electron chi connectivity index (χ3n) is 7.58. The molecule has 2 atom stereocenters. The summed E-state index contributed by atoms with van der Waals surface area (Å²) in [6, 6.07) is 12.9. The molecule has 0 aliphatic carbocycles. The average molecular weight is 535 g/mol. The maximum atomic E-state index is 13.8. The van der Waals surface area contributed by atoms with Gasteiger partial charge in [0.15, 0.2) is 0 Å². The van der Waals surface area contributed by atoms with E-state index < -0.39 is 0 Å². The molecule has 1 aromatic carbocycles. The van der Waals surface area contributed by atoms with Crippen LogP contribution in [0.2, 0.25) is 0 Å². The molecule has 2 aromatic rings. The number of piperazine rings is 1. The van der Waals surface area contributed by atoms with Crippen LogP contribution in [0.25, 0.3) is 0 Å². The second-order valence-corrected chi connectivity index (χ2v) is 10.2. The van der Waals surface area contributed by atoms with Crippen molar-refractivity contribution in [2.75, 3.05) is 70.5 Å². The van der Waals surface area contributed by atoms with Crippen molar-refractivity contribution in [1.82, 2.24) is 20.1 Å². The molecule has 2 fully saturated rings. The average Bonchev–Trinajstić information content (AvgIpc) is 3.65. The Morgan fingerprint density at radius 1 is 1.13 bits per heavy atom. The van der Waals surface area contributed by atoms with Gasteiger partial charge in [0.25, 0.3) is 0 Å². The van der Waals surface area contributed by atoms with E-state index in [9.17, 15) is 4.39 Å². The van der Waals surface area contributed by atoms with Gasteiger partial charge >= 0.3 is 0 Å². The van der Waals surface area contributed by atoms with Gasteiger partial charge in [-0.05, 0) is 54.8 Å². The number of aromatic nitrogens is 1. The van der Waals surface area contributed by atoms with E-state index in [1.54, 1.807) is 18.2 Å². The topological polar surface area (TPSA) is 106 Å². The normalized spacial score (nSPS) is 21.9. The van der Waals surface area contributed by atoms with Gasteiger partial charge < -0.3 is 25.6 Å². The molecule has 1 aromatic heterocycles. The number of likely N-dealkylation sites (tertiary alicyclic amines) is 1. The largest absolute Gasteiger partial charge is 0.379 e. The molecule has 4 N–H and O–H groups in total. The van der Waals surface area contributed by atoms with Gasteiger partial charge in [-0.2, -0.15) is 0 Å². The number of benzene rings is 1. The Morgan fingerprint density at radius 3 is 2.79 bits per heavy atom. The van der Waals surface area contributed by atoms with Gasteiger partial charge in [-0.3, -0.25) is 15.3 Å². The van der Waals surface area contributed by atoms with E-state index >= 15 is 0 Å². The summed E-state index contributed by atoms with van der Waals surface area (Å²) in [5, 5.41) is 12.1. The van der Waals surface area contributed by atoms with Crippen molar-refractivity contribution in [1.29, 1.82) is 5.41 Å². The van der Waals surface area contributed by atoms with Gasteiger partial charge in [0.2, 0.25) is 0 Å². The predicted molar refractivity (Wildman–Crippen MR) is 153 cm³/mol. The molecule has 1 unspecified atom stereocenters. The summed E-state index contributed by atoms with van der Waals surface area (Å²) in [4.78, 5) is 16.4. The van der Waals surface area contributed by atoms with Gasteiger partial charge in [0.1, 0.15) is 23.3 Å². The van der Waals surface area contributed by atoms with Crippen molar-refractivity contribution in [3.8, 4) is 0 Å². The van der Waals surface area contributed by atoms with Crippen molar-refractivity contribution in [3.05, 3.63) is 71.7 Å². The molecule has 0 saturated carbocycles. The highest BCUT2D eigenvalue weighted by Gasteiger charge is 2.28. The first-order valence-electron chi connectivity index (χ1n) is 13.9.